The minimum Gasteiger partial charge on any atom is -0.413 e. The molecule has 4 aliphatic rings. The summed E-state index contributed by atoms with van der Waals surface area (Å²) in [6.45, 7) is 28.0. The second-order valence-electron chi connectivity index (χ2n) is 17.3. The molecule has 8 unspecified atom stereocenters. The first kappa shape index (κ1) is 36.7. The Bertz CT molecular complexity index is 808. The smallest absolute Gasteiger partial charge is 0.198 e. The molecule has 4 saturated carbocycles. The van der Waals surface area contributed by atoms with Crippen LogP contribution >= 0.6 is 0 Å². The molecule has 0 saturated heterocycles. The van der Waals surface area contributed by atoms with E-state index in [1.165, 1.54) is 89.1 Å². The summed E-state index contributed by atoms with van der Waals surface area (Å²) in [6, 6.07) is 2.49. The van der Waals surface area contributed by atoms with Crippen molar-refractivity contribution >= 4 is 16.6 Å². The van der Waals surface area contributed by atoms with E-state index in [2.05, 4.69) is 80.7 Å². The van der Waals surface area contributed by atoms with E-state index >= 15 is 0 Å². The molecule has 0 aromatic carbocycles. The van der Waals surface area contributed by atoms with Gasteiger partial charge in [-0.2, -0.15) is 0 Å². The zero-order valence-corrected chi connectivity index (χ0v) is 32.6. The number of rotatable bonds is 17. The molecule has 4 aliphatic carbocycles. The lowest BCUT2D eigenvalue weighted by Gasteiger charge is -2.44. The van der Waals surface area contributed by atoms with Crippen molar-refractivity contribution in [3.63, 3.8) is 0 Å². The Morgan fingerprint density at radius 1 is 0.568 bits per heavy atom. The van der Waals surface area contributed by atoms with Gasteiger partial charge in [0.15, 0.2) is 16.6 Å². The summed E-state index contributed by atoms with van der Waals surface area (Å²) < 4.78 is 15.4. The van der Waals surface area contributed by atoms with Gasteiger partial charge in [-0.25, -0.2) is 0 Å². The summed E-state index contributed by atoms with van der Waals surface area (Å²) in [4.78, 5) is 0. The largest absolute Gasteiger partial charge is 0.413 e. The molecule has 0 amide bonds. The van der Waals surface area contributed by atoms with E-state index in [9.17, 15) is 0 Å². The van der Waals surface area contributed by atoms with Gasteiger partial charge in [0.2, 0.25) is 0 Å². The first-order valence-corrected chi connectivity index (χ1v) is 24.1. The van der Waals surface area contributed by atoms with Crippen LogP contribution in [0.5, 0.6) is 0 Å². The van der Waals surface area contributed by atoms with Crippen molar-refractivity contribution in [2.45, 2.75) is 192 Å². The van der Waals surface area contributed by atoms with Gasteiger partial charge >= 0.3 is 0 Å². The van der Waals surface area contributed by atoms with Crippen molar-refractivity contribution in [2.75, 3.05) is 0 Å². The third kappa shape index (κ3) is 7.76. The van der Waals surface area contributed by atoms with E-state index in [1.54, 1.807) is 0 Å². The monoisotopic (exact) mass is 643 g/mol. The van der Waals surface area contributed by atoms with Gasteiger partial charge in [0.25, 0.3) is 0 Å². The summed E-state index contributed by atoms with van der Waals surface area (Å²) in [5.41, 5.74) is 2.62. The predicted molar refractivity (Wildman–Crippen MR) is 197 cm³/mol. The Balaban J connectivity index is 1.59. The van der Waals surface area contributed by atoms with Crippen molar-refractivity contribution in [1.29, 1.82) is 0 Å². The molecular weight excluding hydrogens is 569 g/mol. The Labute approximate surface area is 277 Å². The zero-order valence-electron chi connectivity index (χ0n) is 30.6. The molecule has 0 spiro atoms. The minimum absolute atomic E-state index is 0.486. The third-order valence-corrected chi connectivity index (χ3v) is 25.5. The fourth-order valence-electron chi connectivity index (χ4n) is 11.5. The zero-order chi connectivity index (χ0) is 32.1. The van der Waals surface area contributed by atoms with Crippen LogP contribution in [-0.4, -0.2) is 28.8 Å². The van der Waals surface area contributed by atoms with Crippen LogP contribution in [0, 0.1) is 35.5 Å². The summed E-state index contributed by atoms with van der Waals surface area (Å²) in [5, 5.41) is 0. The lowest BCUT2D eigenvalue weighted by atomic mass is 9.73. The predicted octanol–water partition coefficient (Wildman–Crippen LogP) is 12.9. The molecule has 4 heteroatoms. The van der Waals surface area contributed by atoms with Crippen molar-refractivity contribution in [3.05, 3.63) is 25.3 Å². The maximum Gasteiger partial charge on any atom is 0.198 e. The summed E-state index contributed by atoms with van der Waals surface area (Å²) in [5.74, 6) is 5.12. The van der Waals surface area contributed by atoms with Gasteiger partial charge in [-0.15, -0.1) is 13.2 Å². The van der Waals surface area contributed by atoms with E-state index in [1.807, 2.05) is 0 Å². The topological polar surface area (TPSA) is 18.5 Å². The first-order valence-electron chi connectivity index (χ1n) is 19.6. The lowest BCUT2D eigenvalue weighted by Crippen LogP contribution is -2.49. The number of fused-ring (bicyclic) bond motifs is 2. The highest BCUT2D eigenvalue weighted by molar-refractivity contribution is 6.77. The fourth-order valence-corrected chi connectivity index (χ4v) is 20.8. The summed E-state index contributed by atoms with van der Waals surface area (Å²) >= 11 is 0. The SMILES string of the molecule is C=CCC[Si](OC1CC2CCCCC2C1CCC1C(O[Si](CCC=C)(C(C)C)C(C)C)CC2CCCCC21)(C(C)C)C(C)C. The molecule has 0 aromatic rings. The molecule has 0 aromatic heterocycles. The van der Waals surface area contributed by atoms with E-state index < -0.39 is 16.6 Å². The number of hydrogen-bond donors (Lipinski definition) is 0. The second kappa shape index (κ2) is 16.3. The van der Waals surface area contributed by atoms with Gasteiger partial charge in [-0.05, 0) is 121 Å². The molecule has 0 heterocycles. The van der Waals surface area contributed by atoms with Crippen LogP contribution in [0.3, 0.4) is 0 Å². The van der Waals surface area contributed by atoms with Gasteiger partial charge in [-0.1, -0.05) is 106 Å². The van der Waals surface area contributed by atoms with Crippen molar-refractivity contribution < 1.29 is 8.85 Å². The van der Waals surface area contributed by atoms with E-state index in [0.717, 1.165) is 48.3 Å². The average Bonchev–Trinajstić information content (AvgIpc) is 3.52. The quantitative estimate of drug-likeness (QED) is 0.116. The molecule has 4 fully saturated rings. The average molecular weight is 643 g/mol. The molecule has 8 atom stereocenters. The Morgan fingerprint density at radius 3 is 1.23 bits per heavy atom. The normalized spacial score (nSPS) is 32.9. The van der Waals surface area contributed by atoms with Gasteiger partial charge in [-0.3, -0.25) is 0 Å². The molecule has 0 bridgehead atoms. The molecule has 0 radical (unpaired) electrons. The van der Waals surface area contributed by atoms with Gasteiger partial charge in [0, 0.05) is 12.2 Å². The van der Waals surface area contributed by atoms with Crippen LogP contribution in [0.15, 0.2) is 25.3 Å². The third-order valence-electron chi connectivity index (χ3n) is 14.0. The maximum atomic E-state index is 7.72. The highest BCUT2D eigenvalue weighted by Crippen LogP contribution is 2.55. The molecule has 44 heavy (non-hydrogen) atoms. The van der Waals surface area contributed by atoms with Gasteiger partial charge < -0.3 is 8.85 Å². The minimum atomic E-state index is -1.91. The molecule has 2 nitrogen and oxygen atoms in total. The van der Waals surface area contributed by atoms with Crippen molar-refractivity contribution in [2.24, 2.45) is 35.5 Å². The number of allylic oxidation sites excluding steroid dienone is 2. The first-order chi connectivity index (χ1) is 21.0. The standard InChI is InChI=1S/C40H74O2Si2/c1-11-13-25-43(29(3)4,30(5)6)41-39-27-33-19-15-17-21-35(33)37(39)23-24-38-36-22-18-16-20-34(36)28-40(38)42-44(31(7)8,32(9)10)26-14-12-2/h11-12,29-40H,1-2,13-28H2,3-10H3. The Hall–Kier alpha value is -0.166. The summed E-state index contributed by atoms with van der Waals surface area (Å²) in [6.07, 6.45) is 24.5. The summed E-state index contributed by atoms with van der Waals surface area (Å²) in [7, 11) is -3.83. The molecular formula is C40H74O2Si2. The Kier molecular flexibility index (Phi) is 13.6. The van der Waals surface area contributed by atoms with Crippen LogP contribution in [-0.2, 0) is 8.85 Å². The van der Waals surface area contributed by atoms with Crippen LogP contribution < -0.4 is 0 Å². The molecule has 0 N–H and O–H groups in total. The highest BCUT2D eigenvalue weighted by Gasteiger charge is 2.53. The molecule has 254 valence electrons. The van der Waals surface area contributed by atoms with E-state index in [4.69, 9.17) is 8.85 Å². The van der Waals surface area contributed by atoms with Crippen molar-refractivity contribution in [1.82, 2.24) is 0 Å². The maximum absolute atomic E-state index is 7.72. The fraction of sp³-hybridized carbons (Fsp3) is 0.900. The van der Waals surface area contributed by atoms with Crippen LogP contribution in [0.1, 0.15) is 145 Å². The molecule has 4 rings (SSSR count). The lowest BCUT2D eigenvalue weighted by molar-refractivity contribution is 0.0796. The molecule has 0 aliphatic heterocycles. The van der Waals surface area contributed by atoms with Gasteiger partial charge in [0.1, 0.15) is 0 Å². The van der Waals surface area contributed by atoms with Crippen LogP contribution in [0.4, 0.5) is 0 Å². The van der Waals surface area contributed by atoms with Crippen molar-refractivity contribution in [3.8, 4) is 0 Å². The van der Waals surface area contributed by atoms with Crippen LogP contribution in [0.2, 0.25) is 34.3 Å². The second-order valence-corrected chi connectivity index (χ2v) is 27.2. The van der Waals surface area contributed by atoms with E-state index in [0.29, 0.717) is 34.4 Å². The highest BCUT2D eigenvalue weighted by atomic mass is 28.4. The van der Waals surface area contributed by atoms with Gasteiger partial charge in [0.05, 0.1) is 0 Å². The number of hydrogen-bond acceptors (Lipinski definition) is 2. The van der Waals surface area contributed by atoms with E-state index in [-0.39, 0.29) is 0 Å². The Morgan fingerprint density at radius 2 is 0.909 bits per heavy atom. The van der Waals surface area contributed by atoms with Crippen LogP contribution in [0.25, 0.3) is 0 Å².